The molecule has 0 spiro atoms. The summed E-state index contributed by atoms with van der Waals surface area (Å²) in [6, 6.07) is 6.84. The number of nitrogens with two attached hydrogens (primary N) is 1. The normalized spacial score (nSPS) is 10.3. The standard InChI is InChI=1S/C13H20N2O3/c1-17-9-10-18-8-2-7-15-13(16)11-3-5-12(14)6-4-11/h3-6H,2,7-10,14H2,1H3,(H,15,16). The Labute approximate surface area is 107 Å². The zero-order chi connectivity index (χ0) is 13.2. The van der Waals surface area contributed by atoms with Crippen molar-refractivity contribution in [1.82, 2.24) is 5.32 Å². The van der Waals surface area contributed by atoms with Crippen LogP contribution in [0.15, 0.2) is 24.3 Å². The number of rotatable bonds is 8. The number of nitrogen functional groups attached to an aromatic ring is 1. The zero-order valence-electron chi connectivity index (χ0n) is 10.6. The van der Waals surface area contributed by atoms with E-state index in [9.17, 15) is 4.79 Å². The molecule has 0 bridgehead atoms. The maximum Gasteiger partial charge on any atom is 0.251 e. The van der Waals surface area contributed by atoms with E-state index >= 15 is 0 Å². The molecule has 5 heteroatoms. The van der Waals surface area contributed by atoms with E-state index < -0.39 is 0 Å². The van der Waals surface area contributed by atoms with Gasteiger partial charge in [0.25, 0.3) is 5.91 Å². The van der Waals surface area contributed by atoms with Crippen LogP contribution in [0.25, 0.3) is 0 Å². The molecule has 0 aromatic heterocycles. The minimum absolute atomic E-state index is 0.0908. The second-order valence-corrected chi connectivity index (χ2v) is 3.84. The summed E-state index contributed by atoms with van der Waals surface area (Å²) in [6.45, 7) is 2.39. The van der Waals surface area contributed by atoms with Crippen molar-refractivity contribution in [2.75, 3.05) is 39.2 Å². The van der Waals surface area contributed by atoms with E-state index in [1.165, 1.54) is 0 Å². The summed E-state index contributed by atoms with van der Waals surface area (Å²) in [5.74, 6) is -0.0908. The van der Waals surface area contributed by atoms with Crippen molar-refractivity contribution in [3.8, 4) is 0 Å². The maximum absolute atomic E-state index is 11.7. The second kappa shape index (κ2) is 8.49. The van der Waals surface area contributed by atoms with Gasteiger partial charge < -0.3 is 20.5 Å². The number of anilines is 1. The fourth-order valence-electron chi connectivity index (χ4n) is 1.36. The number of carbonyl (C=O) groups is 1. The lowest BCUT2D eigenvalue weighted by atomic mass is 10.2. The molecule has 0 aliphatic heterocycles. The fraction of sp³-hybridized carbons (Fsp3) is 0.462. The van der Waals surface area contributed by atoms with Crippen molar-refractivity contribution in [2.45, 2.75) is 6.42 Å². The fourth-order valence-corrected chi connectivity index (χ4v) is 1.36. The summed E-state index contributed by atoms with van der Waals surface area (Å²) >= 11 is 0. The van der Waals surface area contributed by atoms with Crippen LogP contribution in [-0.2, 0) is 9.47 Å². The third kappa shape index (κ3) is 5.65. The average molecular weight is 252 g/mol. The van der Waals surface area contributed by atoms with E-state index in [4.69, 9.17) is 15.2 Å². The minimum atomic E-state index is -0.0908. The predicted molar refractivity (Wildman–Crippen MR) is 70.5 cm³/mol. The summed E-state index contributed by atoms with van der Waals surface area (Å²) in [5, 5.41) is 2.82. The highest BCUT2D eigenvalue weighted by molar-refractivity contribution is 5.94. The van der Waals surface area contributed by atoms with Gasteiger partial charge in [0, 0.05) is 31.5 Å². The molecule has 0 fully saturated rings. The van der Waals surface area contributed by atoms with Crippen molar-refractivity contribution in [3.05, 3.63) is 29.8 Å². The lowest BCUT2D eigenvalue weighted by molar-refractivity contribution is 0.0688. The Morgan fingerprint density at radius 3 is 2.61 bits per heavy atom. The van der Waals surface area contributed by atoms with Crippen molar-refractivity contribution in [1.29, 1.82) is 0 Å². The lowest BCUT2D eigenvalue weighted by Crippen LogP contribution is -2.25. The molecule has 18 heavy (non-hydrogen) atoms. The van der Waals surface area contributed by atoms with Gasteiger partial charge in [0.1, 0.15) is 0 Å². The Morgan fingerprint density at radius 1 is 1.22 bits per heavy atom. The van der Waals surface area contributed by atoms with Gasteiger partial charge in [0.2, 0.25) is 0 Å². The minimum Gasteiger partial charge on any atom is -0.399 e. The highest BCUT2D eigenvalue weighted by Crippen LogP contribution is 2.04. The van der Waals surface area contributed by atoms with Gasteiger partial charge in [-0.25, -0.2) is 0 Å². The summed E-state index contributed by atoms with van der Waals surface area (Å²) in [4.78, 5) is 11.7. The number of hydrogen-bond donors (Lipinski definition) is 2. The number of carbonyl (C=O) groups excluding carboxylic acids is 1. The summed E-state index contributed by atoms with van der Waals surface area (Å²) in [5.41, 5.74) is 6.81. The Hall–Kier alpha value is -1.59. The van der Waals surface area contributed by atoms with E-state index in [0.29, 0.717) is 37.6 Å². The van der Waals surface area contributed by atoms with Crippen LogP contribution in [0.2, 0.25) is 0 Å². The molecule has 0 saturated heterocycles. The SMILES string of the molecule is COCCOCCCNC(=O)c1ccc(N)cc1. The van der Waals surface area contributed by atoms with E-state index in [2.05, 4.69) is 5.32 Å². The molecule has 100 valence electrons. The maximum atomic E-state index is 11.7. The zero-order valence-corrected chi connectivity index (χ0v) is 10.6. The molecule has 1 aromatic rings. The van der Waals surface area contributed by atoms with Crippen LogP contribution in [0.1, 0.15) is 16.8 Å². The second-order valence-electron chi connectivity index (χ2n) is 3.84. The van der Waals surface area contributed by atoms with E-state index in [1.807, 2.05) is 0 Å². The molecule has 1 amide bonds. The smallest absolute Gasteiger partial charge is 0.251 e. The van der Waals surface area contributed by atoms with Crippen LogP contribution < -0.4 is 11.1 Å². The number of nitrogens with one attached hydrogen (secondary N) is 1. The lowest BCUT2D eigenvalue weighted by Gasteiger charge is -2.06. The predicted octanol–water partition coefficient (Wildman–Crippen LogP) is 1.05. The first-order chi connectivity index (χ1) is 8.74. The number of hydrogen-bond acceptors (Lipinski definition) is 4. The Balaban J connectivity index is 2.12. The highest BCUT2D eigenvalue weighted by Gasteiger charge is 2.03. The van der Waals surface area contributed by atoms with Crippen LogP contribution in [0, 0.1) is 0 Å². The van der Waals surface area contributed by atoms with Gasteiger partial charge in [-0.15, -0.1) is 0 Å². The molecule has 0 aliphatic carbocycles. The molecule has 0 radical (unpaired) electrons. The van der Waals surface area contributed by atoms with Crippen LogP contribution in [0.3, 0.4) is 0 Å². The third-order valence-corrected chi connectivity index (χ3v) is 2.36. The monoisotopic (exact) mass is 252 g/mol. The van der Waals surface area contributed by atoms with Crippen molar-refractivity contribution < 1.29 is 14.3 Å². The van der Waals surface area contributed by atoms with Gasteiger partial charge >= 0.3 is 0 Å². The molecule has 0 saturated carbocycles. The highest BCUT2D eigenvalue weighted by atomic mass is 16.5. The van der Waals surface area contributed by atoms with Gasteiger partial charge in [-0.2, -0.15) is 0 Å². The Morgan fingerprint density at radius 2 is 1.94 bits per heavy atom. The first-order valence-corrected chi connectivity index (χ1v) is 5.94. The van der Waals surface area contributed by atoms with Gasteiger partial charge in [-0.05, 0) is 30.7 Å². The Kier molecular flexibility index (Phi) is 6.83. The van der Waals surface area contributed by atoms with E-state index in [0.717, 1.165) is 6.42 Å². The summed E-state index contributed by atoms with van der Waals surface area (Å²) in [6.07, 6.45) is 0.782. The first kappa shape index (κ1) is 14.5. The van der Waals surface area contributed by atoms with Crippen molar-refractivity contribution in [3.63, 3.8) is 0 Å². The van der Waals surface area contributed by atoms with Crippen LogP contribution in [0.5, 0.6) is 0 Å². The van der Waals surface area contributed by atoms with E-state index in [1.54, 1.807) is 31.4 Å². The number of benzene rings is 1. The molecule has 5 nitrogen and oxygen atoms in total. The number of methoxy groups -OCH3 is 1. The third-order valence-electron chi connectivity index (χ3n) is 2.36. The first-order valence-electron chi connectivity index (χ1n) is 5.94. The Bertz CT molecular complexity index is 352. The van der Waals surface area contributed by atoms with Gasteiger partial charge in [-0.3, -0.25) is 4.79 Å². The molecule has 0 aliphatic rings. The molecule has 1 aromatic carbocycles. The average Bonchev–Trinajstić information content (AvgIpc) is 2.38. The van der Waals surface area contributed by atoms with Gasteiger partial charge in [-0.1, -0.05) is 0 Å². The molecular weight excluding hydrogens is 232 g/mol. The van der Waals surface area contributed by atoms with Crippen LogP contribution >= 0.6 is 0 Å². The van der Waals surface area contributed by atoms with Gasteiger partial charge in [0.05, 0.1) is 13.2 Å². The molecule has 0 unspecified atom stereocenters. The van der Waals surface area contributed by atoms with E-state index in [-0.39, 0.29) is 5.91 Å². The van der Waals surface area contributed by atoms with Crippen molar-refractivity contribution >= 4 is 11.6 Å². The summed E-state index contributed by atoms with van der Waals surface area (Å²) < 4.78 is 10.1. The van der Waals surface area contributed by atoms with Crippen molar-refractivity contribution in [2.24, 2.45) is 0 Å². The largest absolute Gasteiger partial charge is 0.399 e. The molecule has 0 atom stereocenters. The molecule has 0 heterocycles. The molecular formula is C13H20N2O3. The topological polar surface area (TPSA) is 73.6 Å². The molecule has 3 N–H and O–H groups in total. The van der Waals surface area contributed by atoms with Gasteiger partial charge in [0.15, 0.2) is 0 Å². The quantitative estimate of drug-likeness (QED) is 0.536. The number of ether oxygens (including phenoxy) is 2. The van der Waals surface area contributed by atoms with Crippen LogP contribution in [0.4, 0.5) is 5.69 Å². The number of amides is 1. The molecule has 1 rings (SSSR count). The summed E-state index contributed by atoms with van der Waals surface area (Å²) in [7, 11) is 1.64. The van der Waals surface area contributed by atoms with Crippen LogP contribution in [-0.4, -0.2) is 39.4 Å².